The number of anilines is 1. The zero-order chi connectivity index (χ0) is 14.0. The largest absolute Gasteiger partial charge is 0.396 e. The Labute approximate surface area is 122 Å². The number of nitrogens with zero attached hydrogens (tertiary/aromatic N) is 2. The normalized spacial score (nSPS) is 16.7. The van der Waals surface area contributed by atoms with Crippen LogP contribution in [0.3, 0.4) is 0 Å². The molecule has 1 saturated heterocycles. The number of nitrogens with one attached hydrogen (secondary N) is 1. The van der Waals surface area contributed by atoms with E-state index in [-0.39, 0.29) is 12.0 Å². The van der Waals surface area contributed by atoms with Crippen molar-refractivity contribution >= 4 is 17.3 Å². The Morgan fingerprint density at radius 2 is 2.30 bits per heavy atom. The van der Waals surface area contributed by atoms with Gasteiger partial charge in [-0.05, 0) is 24.3 Å². The number of aliphatic hydroxyl groups excluding tert-OH is 1. The minimum absolute atomic E-state index is 0.124. The quantitative estimate of drug-likeness (QED) is 0.884. The van der Waals surface area contributed by atoms with Gasteiger partial charge in [0.15, 0.2) is 0 Å². The maximum Gasteiger partial charge on any atom is 0.0833 e. The van der Waals surface area contributed by atoms with E-state index in [9.17, 15) is 5.11 Å². The lowest BCUT2D eigenvalue weighted by Crippen LogP contribution is -2.50. The van der Waals surface area contributed by atoms with Crippen LogP contribution in [0.25, 0.3) is 5.69 Å². The van der Waals surface area contributed by atoms with E-state index in [1.807, 2.05) is 30.5 Å². The number of hydrogen-bond acceptors (Lipinski definition) is 4. The summed E-state index contributed by atoms with van der Waals surface area (Å²) in [5, 5.41) is 17.5. The molecule has 5 nitrogen and oxygen atoms in total. The van der Waals surface area contributed by atoms with Crippen LogP contribution in [0.1, 0.15) is 0 Å². The maximum atomic E-state index is 9.38. The highest BCUT2D eigenvalue weighted by atomic mass is 35.5. The molecular formula is C14H16ClN3O2. The summed E-state index contributed by atoms with van der Waals surface area (Å²) in [6, 6.07) is 7.58. The highest BCUT2D eigenvalue weighted by Crippen LogP contribution is 2.29. The molecule has 0 amide bonds. The van der Waals surface area contributed by atoms with Crippen molar-refractivity contribution in [2.24, 2.45) is 5.41 Å². The fraction of sp³-hybridized carbons (Fsp3) is 0.357. The SMILES string of the molecule is OCC1(CNc2ccc(-n3cccn3)c(Cl)c2)COC1. The Balaban J connectivity index is 1.71. The van der Waals surface area contributed by atoms with Gasteiger partial charge in [0, 0.05) is 24.6 Å². The molecule has 6 heteroatoms. The summed E-state index contributed by atoms with van der Waals surface area (Å²) in [4.78, 5) is 0. The van der Waals surface area contributed by atoms with E-state index in [0.717, 1.165) is 11.4 Å². The molecule has 3 rings (SSSR count). The first-order chi connectivity index (χ1) is 9.72. The molecule has 2 N–H and O–H groups in total. The molecule has 0 unspecified atom stereocenters. The Morgan fingerprint density at radius 3 is 2.85 bits per heavy atom. The van der Waals surface area contributed by atoms with E-state index in [2.05, 4.69) is 10.4 Å². The minimum Gasteiger partial charge on any atom is -0.396 e. The molecule has 1 aliphatic heterocycles. The fourth-order valence-electron chi connectivity index (χ4n) is 2.14. The molecule has 0 saturated carbocycles. The van der Waals surface area contributed by atoms with Crippen LogP contribution in [-0.4, -0.2) is 41.3 Å². The van der Waals surface area contributed by atoms with Crippen molar-refractivity contribution in [2.45, 2.75) is 0 Å². The van der Waals surface area contributed by atoms with Gasteiger partial charge < -0.3 is 15.2 Å². The zero-order valence-corrected chi connectivity index (χ0v) is 11.7. The second-order valence-electron chi connectivity index (χ2n) is 5.12. The molecule has 1 aliphatic rings. The number of aromatic nitrogens is 2. The molecule has 106 valence electrons. The summed E-state index contributed by atoms with van der Waals surface area (Å²) < 4.78 is 6.89. The zero-order valence-electron chi connectivity index (χ0n) is 10.9. The van der Waals surface area contributed by atoms with Crippen LogP contribution in [0.15, 0.2) is 36.7 Å². The summed E-state index contributed by atoms with van der Waals surface area (Å²) >= 11 is 6.28. The number of benzene rings is 1. The van der Waals surface area contributed by atoms with E-state index in [1.165, 1.54) is 0 Å². The molecule has 2 aromatic rings. The van der Waals surface area contributed by atoms with Crippen molar-refractivity contribution in [1.82, 2.24) is 9.78 Å². The molecule has 2 heterocycles. The Hall–Kier alpha value is -1.56. The van der Waals surface area contributed by atoms with E-state index in [1.54, 1.807) is 10.9 Å². The lowest BCUT2D eigenvalue weighted by molar-refractivity contribution is -0.128. The van der Waals surface area contributed by atoms with Crippen LogP contribution in [0.4, 0.5) is 5.69 Å². The highest BCUT2D eigenvalue weighted by molar-refractivity contribution is 6.32. The fourth-order valence-corrected chi connectivity index (χ4v) is 2.41. The maximum absolute atomic E-state index is 9.38. The van der Waals surface area contributed by atoms with E-state index in [4.69, 9.17) is 16.3 Å². The Kier molecular flexibility index (Phi) is 3.65. The van der Waals surface area contributed by atoms with Crippen molar-refractivity contribution in [3.8, 4) is 5.69 Å². The number of halogens is 1. The second kappa shape index (κ2) is 5.44. The molecule has 0 bridgehead atoms. The average Bonchev–Trinajstić information content (AvgIpc) is 2.92. The number of hydrogen-bond donors (Lipinski definition) is 2. The molecule has 0 atom stereocenters. The number of rotatable bonds is 5. The third-order valence-electron chi connectivity index (χ3n) is 3.52. The lowest BCUT2D eigenvalue weighted by atomic mass is 9.87. The molecular weight excluding hydrogens is 278 g/mol. The van der Waals surface area contributed by atoms with Crippen molar-refractivity contribution in [3.63, 3.8) is 0 Å². The number of ether oxygens (including phenoxy) is 1. The third-order valence-corrected chi connectivity index (χ3v) is 3.82. The van der Waals surface area contributed by atoms with Gasteiger partial charge in [0.25, 0.3) is 0 Å². The molecule has 0 radical (unpaired) electrons. The van der Waals surface area contributed by atoms with Crippen LogP contribution in [0.5, 0.6) is 0 Å². The van der Waals surface area contributed by atoms with Crippen LogP contribution < -0.4 is 5.32 Å². The van der Waals surface area contributed by atoms with E-state index >= 15 is 0 Å². The summed E-state index contributed by atoms with van der Waals surface area (Å²) in [6.45, 7) is 1.98. The second-order valence-corrected chi connectivity index (χ2v) is 5.53. The van der Waals surface area contributed by atoms with Gasteiger partial charge in [0.05, 0.1) is 35.9 Å². The predicted octanol–water partition coefficient (Wildman–Crippen LogP) is 1.95. The molecule has 20 heavy (non-hydrogen) atoms. The van der Waals surface area contributed by atoms with Crippen LogP contribution in [0, 0.1) is 5.41 Å². The van der Waals surface area contributed by atoms with Crippen molar-refractivity contribution < 1.29 is 9.84 Å². The summed E-state index contributed by atoms with van der Waals surface area (Å²) in [5.74, 6) is 0. The molecule has 0 spiro atoms. The predicted molar refractivity (Wildman–Crippen MR) is 77.4 cm³/mol. The molecule has 1 fully saturated rings. The Bertz CT molecular complexity index is 577. The molecule has 1 aromatic heterocycles. The van der Waals surface area contributed by atoms with Gasteiger partial charge in [-0.1, -0.05) is 11.6 Å². The topological polar surface area (TPSA) is 59.3 Å². The van der Waals surface area contributed by atoms with Crippen molar-refractivity contribution in [3.05, 3.63) is 41.7 Å². The summed E-state index contributed by atoms with van der Waals surface area (Å²) in [6.07, 6.45) is 3.56. The first-order valence-electron chi connectivity index (χ1n) is 6.45. The van der Waals surface area contributed by atoms with Gasteiger partial charge in [-0.15, -0.1) is 0 Å². The van der Waals surface area contributed by atoms with Gasteiger partial charge in [-0.25, -0.2) is 4.68 Å². The number of aliphatic hydroxyl groups is 1. The van der Waals surface area contributed by atoms with Gasteiger partial charge in [-0.2, -0.15) is 5.10 Å². The minimum atomic E-state index is -0.160. The smallest absolute Gasteiger partial charge is 0.0833 e. The van der Waals surface area contributed by atoms with Crippen LogP contribution >= 0.6 is 11.6 Å². The van der Waals surface area contributed by atoms with Gasteiger partial charge >= 0.3 is 0 Å². The molecule has 0 aliphatic carbocycles. The third kappa shape index (κ3) is 2.52. The monoisotopic (exact) mass is 293 g/mol. The average molecular weight is 294 g/mol. The standard InChI is InChI=1S/C14H16ClN3O2/c15-12-6-11(16-7-14(8-19)9-20-10-14)2-3-13(12)18-5-1-4-17-18/h1-6,16,19H,7-10H2. The highest BCUT2D eigenvalue weighted by Gasteiger charge is 2.37. The van der Waals surface area contributed by atoms with Gasteiger partial charge in [-0.3, -0.25) is 0 Å². The summed E-state index contributed by atoms with van der Waals surface area (Å²) in [7, 11) is 0. The summed E-state index contributed by atoms with van der Waals surface area (Å²) in [5.41, 5.74) is 1.60. The van der Waals surface area contributed by atoms with Crippen molar-refractivity contribution in [1.29, 1.82) is 0 Å². The van der Waals surface area contributed by atoms with Crippen LogP contribution in [0.2, 0.25) is 5.02 Å². The molecule has 1 aromatic carbocycles. The lowest BCUT2D eigenvalue weighted by Gasteiger charge is -2.40. The van der Waals surface area contributed by atoms with E-state index < -0.39 is 0 Å². The van der Waals surface area contributed by atoms with Gasteiger partial charge in [0.2, 0.25) is 0 Å². The van der Waals surface area contributed by atoms with Crippen LogP contribution in [-0.2, 0) is 4.74 Å². The van der Waals surface area contributed by atoms with E-state index in [0.29, 0.717) is 24.8 Å². The van der Waals surface area contributed by atoms with Crippen molar-refractivity contribution in [2.75, 3.05) is 31.7 Å². The van der Waals surface area contributed by atoms with Gasteiger partial charge in [0.1, 0.15) is 0 Å². The first-order valence-corrected chi connectivity index (χ1v) is 6.82. The Morgan fingerprint density at radius 1 is 1.45 bits per heavy atom. The first kappa shape index (κ1) is 13.4.